The Morgan fingerprint density at radius 1 is 0.938 bits per heavy atom. The first kappa shape index (κ1) is 10.8. The molecule has 0 aliphatic heterocycles. The number of hydrogen-bond acceptors (Lipinski definition) is 2. The first-order valence-electron chi connectivity index (χ1n) is 5.57. The third kappa shape index (κ3) is 2.67. The van der Waals surface area contributed by atoms with E-state index in [0.29, 0.717) is 6.54 Å². The smallest absolute Gasteiger partial charge is 0.0451 e. The number of rotatable bonds is 4. The minimum absolute atomic E-state index is 0.567. The van der Waals surface area contributed by atoms with E-state index in [-0.39, 0.29) is 0 Å². The second-order valence-electron chi connectivity index (χ2n) is 3.80. The topological polar surface area (TPSA) is 38.9 Å². The van der Waals surface area contributed by atoms with Crippen molar-refractivity contribution in [2.24, 2.45) is 5.73 Å². The summed E-state index contributed by atoms with van der Waals surface area (Å²) in [7, 11) is 0. The van der Waals surface area contributed by atoms with Crippen molar-refractivity contribution in [1.29, 1.82) is 0 Å². The number of aromatic nitrogens is 1. The SMILES string of the molecule is NCc1cccnc1CCc1ccccc1. The van der Waals surface area contributed by atoms with Gasteiger partial charge in [-0.25, -0.2) is 0 Å². The van der Waals surface area contributed by atoms with Gasteiger partial charge in [-0.05, 0) is 30.0 Å². The summed E-state index contributed by atoms with van der Waals surface area (Å²) in [6.45, 7) is 0.567. The summed E-state index contributed by atoms with van der Waals surface area (Å²) >= 11 is 0. The summed E-state index contributed by atoms with van der Waals surface area (Å²) < 4.78 is 0. The standard InChI is InChI=1S/C14H16N2/c15-11-13-7-4-10-16-14(13)9-8-12-5-2-1-3-6-12/h1-7,10H,8-9,11,15H2. The van der Waals surface area contributed by atoms with Crippen molar-refractivity contribution in [1.82, 2.24) is 4.98 Å². The maximum atomic E-state index is 5.68. The summed E-state index contributed by atoms with van der Waals surface area (Å²) in [5.74, 6) is 0. The lowest BCUT2D eigenvalue weighted by atomic mass is 10.0. The molecule has 2 N–H and O–H groups in total. The summed E-state index contributed by atoms with van der Waals surface area (Å²) in [5, 5.41) is 0. The van der Waals surface area contributed by atoms with E-state index in [2.05, 4.69) is 29.2 Å². The molecule has 0 fully saturated rings. The Kier molecular flexibility index (Phi) is 3.67. The number of benzene rings is 1. The van der Waals surface area contributed by atoms with E-state index in [1.807, 2.05) is 24.4 Å². The average molecular weight is 212 g/mol. The Balaban J connectivity index is 2.05. The fourth-order valence-electron chi connectivity index (χ4n) is 1.79. The normalized spacial score (nSPS) is 10.3. The molecule has 2 nitrogen and oxygen atoms in total. The zero-order chi connectivity index (χ0) is 11.2. The van der Waals surface area contributed by atoms with E-state index < -0.39 is 0 Å². The van der Waals surface area contributed by atoms with E-state index in [1.54, 1.807) is 0 Å². The molecule has 16 heavy (non-hydrogen) atoms. The van der Waals surface area contributed by atoms with E-state index >= 15 is 0 Å². The van der Waals surface area contributed by atoms with E-state index in [1.165, 1.54) is 5.56 Å². The van der Waals surface area contributed by atoms with Crippen molar-refractivity contribution in [3.8, 4) is 0 Å². The van der Waals surface area contributed by atoms with E-state index in [4.69, 9.17) is 5.73 Å². The molecule has 0 saturated carbocycles. The van der Waals surface area contributed by atoms with Crippen LogP contribution in [0.3, 0.4) is 0 Å². The summed E-state index contributed by atoms with van der Waals surface area (Å²) in [4.78, 5) is 4.38. The van der Waals surface area contributed by atoms with Gasteiger partial charge in [0, 0.05) is 18.4 Å². The summed E-state index contributed by atoms with van der Waals surface area (Å²) in [6, 6.07) is 14.4. The zero-order valence-electron chi connectivity index (χ0n) is 9.26. The van der Waals surface area contributed by atoms with Gasteiger partial charge in [0.2, 0.25) is 0 Å². The minimum atomic E-state index is 0.567. The molecule has 0 spiro atoms. The lowest BCUT2D eigenvalue weighted by Crippen LogP contribution is -2.04. The monoisotopic (exact) mass is 212 g/mol. The first-order chi connectivity index (χ1) is 7.90. The molecule has 0 radical (unpaired) electrons. The molecule has 0 bridgehead atoms. The van der Waals surface area contributed by atoms with Crippen LogP contribution in [0.25, 0.3) is 0 Å². The molecule has 1 aromatic carbocycles. The van der Waals surface area contributed by atoms with Crippen LogP contribution in [-0.2, 0) is 19.4 Å². The average Bonchev–Trinajstić information content (AvgIpc) is 2.38. The molecule has 0 amide bonds. The first-order valence-corrected chi connectivity index (χ1v) is 5.57. The molecule has 0 unspecified atom stereocenters. The number of hydrogen-bond donors (Lipinski definition) is 1. The molecule has 1 aromatic heterocycles. The van der Waals surface area contributed by atoms with Gasteiger partial charge in [-0.1, -0.05) is 36.4 Å². The van der Waals surface area contributed by atoms with Crippen LogP contribution in [0.4, 0.5) is 0 Å². The Morgan fingerprint density at radius 2 is 1.75 bits per heavy atom. The molecule has 0 aliphatic rings. The molecule has 82 valence electrons. The molecule has 2 aromatic rings. The van der Waals surface area contributed by atoms with Gasteiger partial charge in [0.05, 0.1) is 0 Å². The molecule has 0 saturated heterocycles. The Hall–Kier alpha value is -1.67. The number of aryl methyl sites for hydroxylation is 2. The minimum Gasteiger partial charge on any atom is -0.326 e. The van der Waals surface area contributed by atoms with Crippen molar-refractivity contribution in [2.45, 2.75) is 19.4 Å². The van der Waals surface area contributed by atoms with Gasteiger partial charge in [-0.2, -0.15) is 0 Å². The third-order valence-corrected chi connectivity index (χ3v) is 2.70. The Bertz CT molecular complexity index is 437. The summed E-state index contributed by atoms with van der Waals surface area (Å²) in [5.41, 5.74) is 9.29. The van der Waals surface area contributed by atoms with Gasteiger partial charge in [0.25, 0.3) is 0 Å². The van der Waals surface area contributed by atoms with Crippen LogP contribution in [0.15, 0.2) is 48.7 Å². The highest BCUT2D eigenvalue weighted by atomic mass is 14.7. The predicted octanol–water partition coefficient (Wildman–Crippen LogP) is 2.33. The van der Waals surface area contributed by atoms with Crippen molar-refractivity contribution in [3.63, 3.8) is 0 Å². The molecular formula is C14H16N2. The zero-order valence-corrected chi connectivity index (χ0v) is 9.26. The molecule has 1 heterocycles. The van der Waals surface area contributed by atoms with Gasteiger partial charge < -0.3 is 5.73 Å². The number of nitrogens with zero attached hydrogens (tertiary/aromatic N) is 1. The highest BCUT2D eigenvalue weighted by Gasteiger charge is 2.01. The highest BCUT2D eigenvalue weighted by molar-refractivity contribution is 5.22. The number of nitrogens with two attached hydrogens (primary N) is 1. The molecule has 0 aliphatic carbocycles. The van der Waals surface area contributed by atoms with E-state index in [0.717, 1.165) is 24.1 Å². The second-order valence-corrected chi connectivity index (χ2v) is 3.80. The van der Waals surface area contributed by atoms with Crippen molar-refractivity contribution < 1.29 is 0 Å². The molecule has 2 heteroatoms. The van der Waals surface area contributed by atoms with Crippen molar-refractivity contribution in [2.75, 3.05) is 0 Å². The Labute approximate surface area is 96.1 Å². The van der Waals surface area contributed by atoms with Gasteiger partial charge in [-0.15, -0.1) is 0 Å². The van der Waals surface area contributed by atoms with Crippen LogP contribution in [0.2, 0.25) is 0 Å². The molecule has 2 rings (SSSR count). The Morgan fingerprint density at radius 3 is 2.50 bits per heavy atom. The van der Waals surface area contributed by atoms with Crippen LogP contribution >= 0.6 is 0 Å². The van der Waals surface area contributed by atoms with Gasteiger partial charge in [0.15, 0.2) is 0 Å². The van der Waals surface area contributed by atoms with Crippen LogP contribution in [0.1, 0.15) is 16.8 Å². The largest absolute Gasteiger partial charge is 0.326 e. The van der Waals surface area contributed by atoms with E-state index in [9.17, 15) is 0 Å². The van der Waals surface area contributed by atoms with Gasteiger partial charge in [0.1, 0.15) is 0 Å². The van der Waals surface area contributed by atoms with Gasteiger partial charge >= 0.3 is 0 Å². The van der Waals surface area contributed by atoms with Gasteiger partial charge in [-0.3, -0.25) is 4.98 Å². The van der Waals surface area contributed by atoms with Crippen molar-refractivity contribution in [3.05, 3.63) is 65.5 Å². The lowest BCUT2D eigenvalue weighted by Gasteiger charge is -2.06. The third-order valence-electron chi connectivity index (χ3n) is 2.70. The predicted molar refractivity (Wildman–Crippen MR) is 66.0 cm³/mol. The van der Waals surface area contributed by atoms with Crippen LogP contribution < -0.4 is 5.73 Å². The lowest BCUT2D eigenvalue weighted by molar-refractivity contribution is 0.875. The van der Waals surface area contributed by atoms with Crippen molar-refractivity contribution >= 4 is 0 Å². The number of pyridine rings is 1. The molecule has 0 atom stereocenters. The maximum absolute atomic E-state index is 5.68. The molecular weight excluding hydrogens is 196 g/mol. The fraction of sp³-hybridized carbons (Fsp3) is 0.214. The quantitative estimate of drug-likeness (QED) is 0.844. The van der Waals surface area contributed by atoms with Crippen LogP contribution in [0.5, 0.6) is 0 Å². The summed E-state index contributed by atoms with van der Waals surface area (Å²) in [6.07, 6.45) is 3.81. The van der Waals surface area contributed by atoms with Crippen LogP contribution in [0, 0.1) is 0 Å². The fourth-order valence-corrected chi connectivity index (χ4v) is 1.79. The maximum Gasteiger partial charge on any atom is 0.0451 e. The van der Waals surface area contributed by atoms with Crippen LogP contribution in [-0.4, -0.2) is 4.98 Å². The highest BCUT2D eigenvalue weighted by Crippen LogP contribution is 2.09. The second kappa shape index (κ2) is 5.42.